The van der Waals surface area contributed by atoms with Gasteiger partial charge in [-0.25, -0.2) is 9.82 Å². The quantitative estimate of drug-likeness (QED) is 0.663. The minimum absolute atomic E-state index is 0.0940. The van der Waals surface area contributed by atoms with E-state index in [1.165, 1.54) is 12.1 Å². The van der Waals surface area contributed by atoms with Crippen LogP contribution in [0, 0.1) is 12.7 Å². The van der Waals surface area contributed by atoms with Gasteiger partial charge in [-0.2, -0.15) is 0 Å². The van der Waals surface area contributed by atoms with Crippen molar-refractivity contribution in [1.29, 1.82) is 0 Å². The van der Waals surface area contributed by atoms with Crippen molar-refractivity contribution in [2.45, 2.75) is 13.0 Å². The number of aryl methyl sites for hydroxylation is 1. The van der Waals surface area contributed by atoms with Gasteiger partial charge in [0.15, 0.2) is 0 Å². The lowest BCUT2D eigenvalue weighted by Crippen LogP contribution is -2.29. The number of hydrazine groups is 1. The molecule has 0 aliphatic heterocycles. The fourth-order valence-corrected chi connectivity index (χ4v) is 1.84. The summed E-state index contributed by atoms with van der Waals surface area (Å²) in [7, 11) is 0. The molecule has 1 aromatic heterocycles. The third kappa shape index (κ3) is 2.67. The molecule has 0 saturated heterocycles. The number of benzene rings is 1. The number of rotatable bonds is 3. The minimum atomic E-state index is -0.463. The fourth-order valence-electron chi connectivity index (χ4n) is 1.73. The van der Waals surface area contributed by atoms with Crippen LogP contribution in [0.15, 0.2) is 36.5 Å². The molecule has 18 heavy (non-hydrogen) atoms. The van der Waals surface area contributed by atoms with Crippen LogP contribution in [0.2, 0.25) is 5.02 Å². The molecular weight excluding hydrogens is 253 g/mol. The number of halogens is 2. The summed E-state index contributed by atoms with van der Waals surface area (Å²) >= 11 is 5.66. The predicted molar refractivity (Wildman–Crippen MR) is 69.6 cm³/mol. The molecule has 0 aliphatic carbocycles. The highest BCUT2D eigenvalue weighted by Gasteiger charge is 2.14. The Morgan fingerprint density at radius 1 is 1.28 bits per heavy atom. The molecule has 94 valence electrons. The van der Waals surface area contributed by atoms with E-state index < -0.39 is 5.82 Å². The summed E-state index contributed by atoms with van der Waals surface area (Å²) in [6, 6.07) is 8.08. The molecular formula is C13H13ClFN3. The van der Waals surface area contributed by atoms with Crippen LogP contribution in [0.25, 0.3) is 0 Å². The van der Waals surface area contributed by atoms with Crippen LogP contribution in [-0.2, 0) is 0 Å². The topological polar surface area (TPSA) is 50.9 Å². The molecule has 1 aromatic carbocycles. The second-order valence-electron chi connectivity index (χ2n) is 4.01. The summed E-state index contributed by atoms with van der Waals surface area (Å²) in [5.74, 6) is 5.07. The Morgan fingerprint density at radius 3 is 2.56 bits per heavy atom. The van der Waals surface area contributed by atoms with Gasteiger partial charge in [0.2, 0.25) is 0 Å². The lowest BCUT2D eigenvalue weighted by molar-refractivity contribution is 0.604. The van der Waals surface area contributed by atoms with Crippen molar-refractivity contribution >= 4 is 11.6 Å². The molecule has 0 radical (unpaired) electrons. The zero-order valence-electron chi connectivity index (χ0n) is 9.82. The van der Waals surface area contributed by atoms with Gasteiger partial charge in [0.25, 0.3) is 0 Å². The van der Waals surface area contributed by atoms with Crippen LogP contribution in [0.3, 0.4) is 0 Å². The highest BCUT2D eigenvalue weighted by molar-refractivity contribution is 6.30. The van der Waals surface area contributed by atoms with E-state index in [1.807, 2.05) is 19.1 Å². The molecule has 2 rings (SSSR count). The fraction of sp³-hybridized carbons (Fsp3) is 0.154. The van der Waals surface area contributed by atoms with Crippen LogP contribution in [0.1, 0.15) is 22.9 Å². The average molecular weight is 266 g/mol. The molecule has 5 heteroatoms. The predicted octanol–water partition coefficient (Wildman–Crippen LogP) is 2.74. The Morgan fingerprint density at radius 2 is 2.00 bits per heavy atom. The van der Waals surface area contributed by atoms with E-state index in [2.05, 4.69) is 10.4 Å². The average Bonchev–Trinajstić information content (AvgIpc) is 2.37. The number of pyridine rings is 1. The molecule has 0 saturated carbocycles. The van der Waals surface area contributed by atoms with E-state index in [9.17, 15) is 4.39 Å². The first-order chi connectivity index (χ1) is 8.61. The van der Waals surface area contributed by atoms with Gasteiger partial charge in [-0.3, -0.25) is 10.8 Å². The van der Waals surface area contributed by atoms with E-state index in [-0.39, 0.29) is 11.1 Å². The third-order valence-corrected chi connectivity index (χ3v) is 3.02. The lowest BCUT2D eigenvalue weighted by atomic mass is 10.0. The van der Waals surface area contributed by atoms with E-state index in [0.29, 0.717) is 5.56 Å². The number of nitrogens with zero attached hydrogens (tertiary/aromatic N) is 1. The van der Waals surface area contributed by atoms with Gasteiger partial charge in [-0.05, 0) is 36.2 Å². The first-order valence-electron chi connectivity index (χ1n) is 5.45. The Labute approximate surface area is 110 Å². The molecule has 1 heterocycles. The molecule has 1 atom stereocenters. The largest absolute Gasteiger partial charge is 0.271 e. The summed E-state index contributed by atoms with van der Waals surface area (Å²) < 4.78 is 13.4. The molecule has 3 N–H and O–H groups in total. The smallest absolute Gasteiger partial charge is 0.142 e. The summed E-state index contributed by atoms with van der Waals surface area (Å²) in [4.78, 5) is 4.20. The maximum Gasteiger partial charge on any atom is 0.142 e. The van der Waals surface area contributed by atoms with Crippen molar-refractivity contribution in [2.24, 2.45) is 5.84 Å². The highest BCUT2D eigenvalue weighted by Crippen LogP contribution is 2.24. The van der Waals surface area contributed by atoms with Crippen molar-refractivity contribution in [2.75, 3.05) is 0 Å². The number of nitrogens with two attached hydrogens (primary N) is 1. The molecule has 0 aliphatic rings. The minimum Gasteiger partial charge on any atom is -0.271 e. The van der Waals surface area contributed by atoms with Crippen LogP contribution in [0.4, 0.5) is 4.39 Å². The van der Waals surface area contributed by atoms with E-state index in [0.717, 1.165) is 11.3 Å². The third-order valence-electron chi connectivity index (χ3n) is 2.71. The summed E-state index contributed by atoms with van der Waals surface area (Å²) in [6.07, 6.45) is 1.71. The zero-order valence-corrected chi connectivity index (χ0v) is 10.6. The summed E-state index contributed by atoms with van der Waals surface area (Å²) in [5, 5.41) is 0.0940. The van der Waals surface area contributed by atoms with Crippen molar-refractivity contribution < 1.29 is 4.39 Å². The van der Waals surface area contributed by atoms with Crippen LogP contribution < -0.4 is 11.3 Å². The van der Waals surface area contributed by atoms with Crippen molar-refractivity contribution in [3.8, 4) is 0 Å². The maximum absolute atomic E-state index is 13.4. The first-order valence-corrected chi connectivity index (χ1v) is 5.83. The molecule has 1 unspecified atom stereocenters. The van der Waals surface area contributed by atoms with E-state index in [1.54, 1.807) is 12.3 Å². The van der Waals surface area contributed by atoms with Gasteiger partial charge in [-0.15, -0.1) is 0 Å². The maximum atomic E-state index is 13.4. The van der Waals surface area contributed by atoms with E-state index in [4.69, 9.17) is 17.4 Å². The Kier molecular flexibility index (Phi) is 3.91. The van der Waals surface area contributed by atoms with Crippen molar-refractivity contribution in [3.63, 3.8) is 0 Å². The van der Waals surface area contributed by atoms with E-state index >= 15 is 0 Å². The number of nitrogens with one attached hydrogen (secondary N) is 1. The molecule has 0 fully saturated rings. The second kappa shape index (κ2) is 5.44. The van der Waals surface area contributed by atoms with Crippen LogP contribution in [0.5, 0.6) is 0 Å². The Hall–Kier alpha value is -1.49. The molecule has 0 bridgehead atoms. The molecule has 3 nitrogen and oxygen atoms in total. The monoisotopic (exact) mass is 265 g/mol. The second-order valence-corrected chi connectivity index (χ2v) is 4.41. The SMILES string of the molecule is Cc1ccc(C(NN)c2ccc(Cl)c(F)c2)cn1. The zero-order chi connectivity index (χ0) is 13.1. The lowest BCUT2D eigenvalue weighted by Gasteiger charge is -2.17. The number of hydrogen-bond acceptors (Lipinski definition) is 3. The van der Waals surface area contributed by atoms with Crippen molar-refractivity contribution in [3.05, 3.63) is 64.2 Å². The van der Waals surface area contributed by atoms with Gasteiger partial charge in [-0.1, -0.05) is 23.7 Å². The normalized spacial score (nSPS) is 12.4. The van der Waals surface area contributed by atoms with Gasteiger partial charge in [0.1, 0.15) is 5.82 Å². The Balaban J connectivity index is 2.38. The standard InChI is InChI=1S/C13H13ClFN3/c1-8-2-3-10(7-17-8)13(18-16)9-4-5-11(14)12(15)6-9/h2-7,13,18H,16H2,1H3. The van der Waals surface area contributed by atoms with Crippen LogP contribution in [-0.4, -0.2) is 4.98 Å². The van der Waals surface area contributed by atoms with Crippen molar-refractivity contribution in [1.82, 2.24) is 10.4 Å². The van der Waals surface area contributed by atoms with Gasteiger partial charge in [0.05, 0.1) is 11.1 Å². The van der Waals surface area contributed by atoms with Gasteiger partial charge < -0.3 is 0 Å². The first kappa shape index (κ1) is 13.0. The van der Waals surface area contributed by atoms with Gasteiger partial charge >= 0.3 is 0 Å². The molecule has 0 amide bonds. The summed E-state index contributed by atoms with van der Waals surface area (Å²) in [6.45, 7) is 1.90. The molecule has 2 aromatic rings. The van der Waals surface area contributed by atoms with Gasteiger partial charge in [0, 0.05) is 11.9 Å². The Bertz CT molecular complexity index is 542. The summed E-state index contributed by atoms with van der Waals surface area (Å²) in [5.41, 5.74) is 5.13. The number of hydrogen-bond donors (Lipinski definition) is 2. The molecule has 0 spiro atoms. The number of aromatic nitrogens is 1. The highest BCUT2D eigenvalue weighted by atomic mass is 35.5. The van der Waals surface area contributed by atoms with Crippen LogP contribution >= 0.6 is 11.6 Å².